The van der Waals surface area contributed by atoms with E-state index >= 15 is 0 Å². The van der Waals surface area contributed by atoms with Gasteiger partial charge in [0.1, 0.15) is 5.76 Å². The van der Waals surface area contributed by atoms with Crippen molar-refractivity contribution >= 4 is 0 Å². The standard InChI is InChI=1S/C11H16N2O/c1-2-9(1)11(3-4-11)7-12-5-10-6-13-8-14-10/h6,8-9,12H,1-5,7H2. The van der Waals surface area contributed by atoms with Crippen molar-refractivity contribution in [2.24, 2.45) is 11.3 Å². The molecule has 0 spiro atoms. The van der Waals surface area contributed by atoms with E-state index in [0.717, 1.165) is 18.2 Å². The minimum Gasteiger partial charge on any atom is -0.447 e. The van der Waals surface area contributed by atoms with Gasteiger partial charge in [-0.25, -0.2) is 4.98 Å². The summed E-state index contributed by atoms with van der Waals surface area (Å²) in [6, 6.07) is 0. The van der Waals surface area contributed by atoms with Crippen molar-refractivity contribution in [1.29, 1.82) is 0 Å². The Hall–Kier alpha value is -0.830. The normalized spacial score (nSPS) is 23.7. The topological polar surface area (TPSA) is 38.1 Å². The zero-order valence-corrected chi connectivity index (χ0v) is 8.33. The Morgan fingerprint density at radius 1 is 1.50 bits per heavy atom. The molecule has 0 aliphatic heterocycles. The lowest BCUT2D eigenvalue weighted by Gasteiger charge is -2.13. The third-order valence-electron chi connectivity index (χ3n) is 3.60. The Bertz CT molecular complexity index is 299. The van der Waals surface area contributed by atoms with Gasteiger partial charge in [0.2, 0.25) is 0 Å². The van der Waals surface area contributed by atoms with Gasteiger partial charge in [-0.1, -0.05) is 0 Å². The summed E-state index contributed by atoms with van der Waals surface area (Å²) in [5, 5.41) is 3.48. The molecule has 76 valence electrons. The fraction of sp³-hybridized carbons (Fsp3) is 0.727. The van der Waals surface area contributed by atoms with Gasteiger partial charge < -0.3 is 9.73 Å². The van der Waals surface area contributed by atoms with Crippen molar-refractivity contribution in [3.8, 4) is 0 Å². The summed E-state index contributed by atoms with van der Waals surface area (Å²) in [5.41, 5.74) is 0.681. The van der Waals surface area contributed by atoms with E-state index in [-0.39, 0.29) is 0 Å². The molecule has 3 rings (SSSR count). The van der Waals surface area contributed by atoms with Crippen molar-refractivity contribution in [3.63, 3.8) is 0 Å². The van der Waals surface area contributed by atoms with E-state index in [1.807, 2.05) is 0 Å². The molecule has 14 heavy (non-hydrogen) atoms. The second kappa shape index (κ2) is 3.09. The van der Waals surface area contributed by atoms with Crippen LogP contribution >= 0.6 is 0 Å². The molecule has 0 amide bonds. The predicted molar refractivity (Wildman–Crippen MR) is 52.6 cm³/mol. The van der Waals surface area contributed by atoms with Crippen LogP contribution in [0.25, 0.3) is 0 Å². The van der Waals surface area contributed by atoms with Crippen LogP contribution in [0.15, 0.2) is 17.0 Å². The number of rotatable bonds is 5. The maximum atomic E-state index is 5.17. The molecule has 0 aromatic carbocycles. The maximum Gasteiger partial charge on any atom is 0.180 e. The fourth-order valence-corrected chi connectivity index (χ4v) is 2.35. The lowest BCUT2D eigenvalue weighted by atomic mass is 10.0. The molecule has 2 aliphatic carbocycles. The average Bonchev–Trinajstić information content (AvgIpc) is 3.07. The molecule has 0 radical (unpaired) electrons. The van der Waals surface area contributed by atoms with Crippen molar-refractivity contribution in [3.05, 3.63) is 18.4 Å². The third kappa shape index (κ3) is 1.57. The summed E-state index contributed by atoms with van der Waals surface area (Å²) in [5.74, 6) is 1.97. The van der Waals surface area contributed by atoms with Crippen LogP contribution in [0.5, 0.6) is 0 Å². The molecule has 1 N–H and O–H groups in total. The van der Waals surface area contributed by atoms with Crippen LogP contribution in [0.2, 0.25) is 0 Å². The molecule has 2 aliphatic rings. The van der Waals surface area contributed by atoms with Gasteiger partial charge in [-0.3, -0.25) is 0 Å². The second-order valence-electron chi connectivity index (χ2n) is 4.71. The summed E-state index contributed by atoms with van der Waals surface area (Å²) in [6.07, 6.45) is 9.06. The zero-order chi connectivity index (χ0) is 9.43. The van der Waals surface area contributed by atoms with Gasteiger partial charge in [0.25, 0.3) is 0 Å². The molecule has 3 nitrogen and oxygen atoms in total. The molecule has 2 fully saturated rings. The molecule has 1 aromatic heterocycles. The van der Waals surface area contributed by atoms with E-state index in [0.29, 0.717) is 5.41 Å². The number of nitrogens with zero attached hydrogens (tertiary/aromatic N) is 1. The van der Waals surface area contributed by atoms with E-state index in [9.17, 15) is 0 Å². The average molecular weight is 192 g/mol. The summed E-state index contributed by atoms with van der Waals surface area (Å²) in [6.45, 7) is 1.99. The first-order chi connectivity index (χ1) is 6.89. The Morgan fingerprint density at radius 3 is 2.93 bits per heavy atom. The van der Waals surface area contributed by atoms with Gasteiger partial charge in [0, 0.05) is 6.54 Å². The lowest BCUT2D eigenvalue weighted by molar-refractivity contribution is 0.387. The number of aromatic nitrogens is 1. The first-order valence-electron chi connectivity index (χ1n) is 5.47. The SMILES string of the molecule is c1ncc(CNCC2(C3CC3)CC2)o1. The van der Waals surface area contributed by atoms with Gasteiger partial charge in [0.05, 0.1) is 12.7 Å². The first kappa shape index (κ1) is 8.48. The van der Waals surface area contributed by atoms with Crippen LogP contribution in [-0.4, -0.2) is 11.5 Å². The Balaban J connectivity index is 1.46. The van der Waals surface area contributed by atoms with Gasteiger partial charge in [-0.2, -0.15) is 0 Å². The number of hydrogen-bond acceptors (Lipinski definition) is 3. The molecule has 1 aromatic rings. The fourth-order valence-electron chi connectivity index (χ4n) is 2.35. The maximum absolute atomic E-state index is 5.17. The van der Waals surface area contributed by atoms with Crippen LogP contribution in [0.3, 0.4) is 0 Å². The molecule has 0 bridgehead atoms. The Morgan fingerprint density at radius 2 is 2.36 bits per heavy atom. The van der Waals surface area contributed by atoms with Crippen molar-refractivity contribution in [2.45, 2.75) is 32.2 Å². The number of nitrogens with one attached hydrogen (secondary N) is 1. The highest BCUT2D eigenvalue weighted by Crippen LogP contribution is 2.60. The van der Waals surface area contributed by atoms with E-state index < -0.39 is 0 Å². The van der Waals surface area contributed by atoms with Gasteiger partial charge >= 0.3 is 0 Å². The molecular formula is C11H16N2O. The summed E-state index contributed by atoms with van der Waals surface area (Å²) < 4.78 is 5.17. The predicted octanol–water partition coefficient (Wildman–Crippen LogP) is 1.95. The van der Waals surface area contributed by atoms with E-state index in [4.69, 9.17) is 4.42 Å². The van der Waals surface area contributed by atoms with Crippen molar-refractivity contribution in [1.82, 2.24) is 10.3 Å². The minimum absolute atomic E-state index is 0.681. The van der Waals surface area contributed by atoms with Crippen molar-refractivity contribution in [2.75, 3.05) is 6.54 Å². The van der Waals surface area contributed by atoms with Crippen LogP contribution in [0.4, 0.5) is 0 Å². The number of oxazole rings is 1. The second-order valence-corrected chi connectivity index (χ2v) is 4.71. The highest BCUT2D eigenvalue weighted by molar-refractivity contribution is 5.05. The van der Waals surface area contributed by atoms with E-state index in [2.05, 4.69) is 10.3 Å². The zero-order valence-electron chi connectivity index (χ0n) is 8.33. The Kier molecular flexibility index (Phi) is 1.87. The minimum atomic E-state index is 0.681. The van der Waals surface area contributed by atoms with Gasteiger partial charge in [0.15, 0.2) is 6.39 Å². The van der Waals surface area contributed by atoms with Crippen LogP contribution in [0, 0.1) is 11.3 Å². The molecule has 3 heteroatoms. The summed E-state index contributed by atoms with van der Waals surface area (Å²) in [7, 11) is 0. The van der Waals surface area contributed by atoms with Gasteiger partial charge in [-0.15, -0.1) is 0 Å². The van der Waals surface area contributed by atoms with Crippen LogP contribution in [0.1, 0.15) is 31.4 Å². The Labute approximate surface area is 83.9 Å². The summed E-state index contributed by atoms with van der Waals surface area (Å²) in [4.78, 5) is 3.89. The highest BCUT2D eigenvalue weighted by atomic mass is 16.3. The summed E-state index contributed by atoms with van der Waals surface area (Å²) >= 11 is 0. The number of hydrogen-bond donors (Lipinski definition) is 1. The van der Waals surface area contributed by atoms with E-state index in [1.165, 1.54) is 38.6 Å². The molecule has 1 heterocycles. The molecule has 2 saturated carbocycles. The smallest absolute Gasteiger partial charge is 0.180 e. The lowest BCUT2D eigenvalue weighted by Crippen LogP contribution is -2.24. The van der Waals surface area contributed by atoms with E-state index in [1.54, 1.807) is 6.20 Å². The largest absolute Gasteiger partial charge is 0.447 e. The quantitative estimate of drug-likeness (QED) is 0.775. The highest BCUT2D eigenvalue weighted by Gasteiger charge is 2.53. The molecule has 0 atom stereocenters. The van der Waals surface area contributed by atoms with Crippen molar-refractivity contribution < 1.29 is 4.42 Å². The monoisotopic (exact) mass is 192 g/mol. The molecule has 0 saturated heterocycles. The molecular weight excluding hydrogens is 176 g/mol. The first-order valence-corrected chi connectivity index (χ1v) is 5.47. The van der Waals surface area contributed by atoms with Crippen LogP contribution in [-0.2, 0) is 6.54 Å². The third-order valence-corrected chi connectivity index (χ3v) is 3.60. The van der Waals surface area contributed by atoms with Crippen LogP contribution < -0.4 is 5.32 Å². The molecule has 0 unspecified atom stereocenters. The van der Waals surface area contributed by atoms with Gasteiger partial charge in [-0.05, 0) is 37.0 Å².